The number of fused-ring (bicyclic) bond motifs is 1. The van der Waals surface area contributed by atoms with Gasteiger partial charge in [0.05, 0.1) is 10.8 Å². The molecule has 20 heavy (non-hydrogen) atoms. The van der Waals surface area contributed by atoms with Gasteiger partial charge in [-0.3, -0.25) is 4.79 Å². The fraction of sp³-hybridized carbons (Fsp3) is 0.250. The van der Waals surface area contributed by atoms with Gasteiger partial charge in [0.15, 0.2) is 0 Å². The Balaban J connectivity index is 1.59. The number of hydrogen-bond donors (Lipinski definition) is 0. The fourth-order valence-electron chi connectivity index (χ4n) is 2.33. The Morgan fingerprint density at radius 3 is 2.50 bits per heavy atom. The molecule has 0 radical (unpaired) electrons. The third-order valence-electron chi connectivity index (χ3n) is 3.40. The lowest BCUT2D eigenvalue weighted by Crippen LogP contribution is -2.26. The van der Waals surface area contributed by atoms with Gasteiger partial charge >= 0.3 is 0 Å². The lowest BCUT2D eigenvalue weighted by Gasteiger charge is -2.14. The summed E-state index contributed by atoms with van der Waals surface area (Å²) < 4.78 is 0. The maximum atomic E-state index is 12.2. The second-order valence-electron chi connectivity index (χ2n) is 4.92. The molecule has 2 heterocycles. The van der Waals surface area contributed by atoms with Crippen molar-refractivity contribution in [3.8, 4) is 0 Å². The third kappa shape index (κ3) is 2.85. The molecule has 1 aromatic heterocycles. The van der Waals surface area contributed by atoms with Crippen LogP contribution in [0.1, 0.15) is 16.8 Å². The minimum atomic E-state index is 0.175. The molecule has 1 amide bonds. The zero-order valence-electron chi connectivity index (χ0n) is 11.4. The van der Waals surface area contributed by atoms with Crippen LogP contribution in [0.3, 0.4) is 0 Å². The summed E-state index contributed by atoms with van der Waals surface area (Å²) in [5.74, 6) is 0.624. The summed E-state index contributed by atoms with van der Waals surface area (Å²) in [6, 6.07) is 14.1. The van der Waals surface area contributed by atoms with E-state index in [4.69, 9.17) is 0 Å². The molecule has 3 rings (SSSR count). The Kier molecular flexibility index (Phi) is 3.74. The number of pyridine rings is 1. The zero-order valence-corrected chi connectivity index (χ0v) is 12.2. The zero-order chi connectivity index (χ0) is 13.9. The number of benzene rings is 1. The van der Waals surface area contributed by atoms with E-state index in [1.807, 2.05) is 42.2 Å². The van der Waals surface area contributed by atoms with E-state index in [-0.39, 0.29) is 5.91 Å². The average molecular weight is 284 g/mol. The predicted molar refractivity (Wildman–Crippen MR) is 80.4 cm³/mol. The second-order valence-corrected chi connectivity index (χ2v) is 5.92. The molecule has 1 aliphatic rings. The highest BCUT2D eigenvalue weighted by Crippen LogP contribution is 2.24. The molecule has 2 aromatic rings. The summed E-state index contributed by atoms with van der Waals surface area (Å²) in [6.07, 6.45) is 0. The number of thioether (sulfide) groups is 1. The van der Waals surface area contributed by atoms with Crippen molar-refractivity contribution in [3.05, 3.63) is 59.3 Å². The van der Waals surface area contributed by atoms with Gasteiger partial charge in [0.25, 0.3) is 0 Å². The van der Waals surface area contributed by atoms with E-state index in [9.17, 15) is 4.79 Å². The highest BCUT2D eigenvalue weighted by molar-refractivity contribution is 7.99. The van der Waals surface area contributed by atoms with Gasteiger partial charge in [0, 0.05) is 18.8 Å². The molecule has 0 bridgehead atoms. The van der Waals surface area contributed by atoms with Crippen molar-refractivity contribution in [2.75, 3.05) is 5.75 Å². The first-order valence-corrected chi connectivity index (χ1v) is 7.62. The smallest absolute Gasteiger partial charge is 0.233 e. The van der Waals surface area contributed by atoms with Crippen molar-refractivity contribution in [2.45, 2.75) is 25.0 Å². The number of rotatable bonds is 3. The summed E-state index contributed by atoms with van der Waals surface area (Å²) in [7, 11) is 0. The highest BCUT2D eigenvalue weighted by atomic mass is 32.2. The van der Waals surface area contributed by atoms with Gasteiger partial charge in [0.2, 0.25) is 5.91 Å². The van der Waals surface area contributed by atoms with Crippen molar-refractivity contribution < 1.29 is 4.79 Å². The molecule has 0 saturated carbocycles. The normalized spacial score (nSPS) is 13.3. The first-order chi connectivity index (χ1) is 9.72. The van der Waals surface area contributed by atoms with Crippen LogP contribution in [-0.4, -0.2) is 21.5 Å². The summed E-state index contributed by atoms with van der Waals surface area (Å²) >= 11 is 1.51. The van der Waals surface area contributed by atoms with E-state index in [1.165, 1.54) is 22.9 Å². The van der Waals surface area contributed by atoms with Gasteiger partial charge in [-0.05, 0) is 30.2 Å². The second kappa shape index (κ2) is 5.67. The van der Waals surface area contributed by atoms with Crippen LogP contribution in [0.15, 0.2) is 47.5 Å². The average Bonchev–Trinajstić information content (AvgIpc) is 2.89. The number of hydrogen-bond acceptors (Lipinski definition) is 3. The summed E-state index contributed by atoms with van der Waals surface area (Å²) in [6.45, 7) is 3.43. The maximum absolute atomic E-state index is 12.2. The van der Waals surface area contributed by atoms with Crippen LogP contribution in [0, 0.1) is 6.92 Å². The molecular formula is C16H16N2OS. The number of nitrogens with zero attached hydrogens (tertiary/aromatic N) is 2. The molecule has 0 spiro atoms. The Morgan fingerprint density at radius 1 is 1.15 bits per heavy atom. The van der Waals surface area contributed by atoms with Gasteiger partial charge in [-0.2, -0.15) is 0 Å². The van der Waals surface area contributed by atoms with Gasteiger partial charge in [-0.25, -0.2) is 4.98 Å². The summed E-state index contributed by atoms with van der Waals surface area (Å²) in [5.41, 5.74) is 3.51. The summed E-state index contributed by atoms with van der Waals surface area (Å²) in [5, 5.41) is 0.912. The molecule has 3 nitrogen and oxygen atoms in total. The number of amides is 1. The van der Waals surface area contributed by atoms with E-state index in [0.717, 1.165) is 23.8 Å². The van der Waals surface area contributed by atoms with Crippen molar-refractivity contribution in [3.63, 3.8) is 0 Å². The number of carbonyl (C=O) groups is 1. The fourth-order valence-corrected chi connectivity index (χ4v) is 3.17. The largest absolute Gasteiger partial charge is 0.333 e. The molecular weight excluding hydrogens is 268 g/mol. The minimum absolute atomic E-state index is 0.175. The van der Waals surface area contributed by atoms with Gasteiger partial charge in [0.1, 0.15) is 0 Å². The lowest BCUT2D eigenvalue weighted by molar-refractivity contribution is -0.128. The maximum Gasteiger partial charge on any atom is 0.233 e. The van der Waals surface area contributed by atoms with Crippen molar-refractivity contribution in [1.82, 2.24) is 9.88 Å². The highest BCUT2D eigenvalue weighted by Gasteiger charge is 2.22. The molecule has 4 heteroatoms. The first-order valence-electron chi connectivity index (χ1n) is 6.63. The predicted octanol–water partition coefficient (Wildman–Crippen LogP) is 3.02. The Bertz CT molecular complexity index is 617. The van der Waals surface area contributed by atoms with Gasteiger partial charge in [-0.1, -0.05) is 42.1 Å². The lowest BCUT2D eigenvalue weighted by atomic mass is 10.1. The first kappa shape index (κ1) is 13.2. The molecule has 102 valence electrons. The topological polar surface area (TPSA) is 33.2 Å². The van der Waals surface area contributed by atoms with Crippen LogP contribution >= 0.6 is 11.8 Å². The number of aryl methyl sites for hydroxylation is 1. The minimum Gasteiger partial charge on any atom is -0.333 e. The SMILES string of the molecule is Cc1cccc(SCC(=O)N2Cc3ccccc3C2)n1. The van der Waals surface area contributed by atoms with E-state index in [1.54, 1.807) is 0 Å². The Morgan fingerprint density at radius 2 is 1.85 bits per heavy atom. The molecule has 1 aromatic carbocycles. The monoisotopic (exact) mass is 284 g/mol. The van der Waals surface area contributed by atoms with E-state index < -0.39 is 0 Å². The Hall–Kier alpha value is -1.81. The molecule has 0 N–H and O–H groups in total. The molecule has 1 aliphatic heterocycles. The van der Waals surface area contributed by atoms with Gasteiger partial charge in [-0.15, -0.1) is 0 Å². The molecule has 0 atom stereocenters. The van der Waals surface area contributed by atoms with Gasteiger partial charge < -0.3 is 4.90 Å². The quantitative estimate of drug-likeness (QED) is 0.812. The molecule has 0 fully saturated rings. The van der Waals surface area contributed by atoms with Crippen LogP contribution < -0.4 is 0 Å². The summed E-state index contributed by atoms with van der Waals surface area (Å²) in [4.78, 5) is 18.6. The van der Waals surface area contributed by atoms with Crippen LogP contribution in [0.25, 0.3) is 0 Å². The van der Waals surface area contributed by atoms with Crippen molar-refractivity contribution in [1.29, 1.82) is 0 Å². The van der Waals surface area contributed by atoms with E-state index in [0.29, 0.717) is 5.75 Å². The van der Waals surface area contributed by atoms with Crippen molar-refractivity contribution >= 4 is 17.7 Å². The standard InChI is InChI=1S/C16H16N2OS/c1-12-5-4-8-15(17-12)20-11-16(19)18-9-13-6-2-3-7-14(13)10-18/h2-8H,9-11H2,1H3. The van der Waals surface area contributed by atoms with E-state index in [2.05, 4.69) is 17.1 Å². The molecule has 0 saturated heterocycles. The molecule has 0 aliphatic carbocycles. The van der Waals surface area contributed by atoms with Crippen molar-refractivity contribution in [2.24, 2.45) is 0 Å². The molecule has 0 unspecified atom stereocenters. The number of carbonyl (C=O) groups excluding carboxylic acids is 1. The van der Waals surface area contributed by atoms with Crippen LogP contribution in [-0.2, 0) is 17.9 Å². The van der Waals surface area contributed by atoms with Crippen LogP contribution in [0.2, 0.25) is 0 Å². The third-order valence-corrected chi connectivity index (χ3v) is 4.31. The van der Waals surface area contributed by atoms with Crippen LogP contribution in [0.4, 0.5) is 0 Å². The number of aromatic nitrogens is 1. The Labute approximate surface area is 123 Å². The van der Waals surface area contributed by atoms with E-state index >= 15 is 0 Å². The van der Waals surface area contributed by atoms with Crippen LogP contribution in [0.5, 0.6) is 0 Å².